The summed E-state index contributed by atoms with van der Waals surface area (Å²) in [5.41, 5.74) is 2.81. The van der Waals surface area contributed by atoms with Crippen LogP contribution >= 0.6 is 0 Å². The molecule has 0 spiro atoms. The molecule has 0 atom stereocenters. The monoisotopic (exact) mass is 311 g/mol. The predicted octanol–water partition coefficient (Wildman–Crippen LogP) is 3.49. The zero-order chi connectivity index (χ0) is 16.2. The largest absolute Gasteiger partial charge is 0.495 e. The first-order valence-corrected chi connectivity index (χ1v) is 7.28. The smallest absolute Gasteiger partial charge is 0.338 e. The van der Waals surface area contributed by atoms with Crippen molar-refractivity contribution in [3.8, 4) is 5.75 Å². The van der Waals surface area contributed by atoms with Gasteiger partial charge in [-0.1, -0.05) is 12.1 Å². The lowest BCUT2D eigenvalue weighted by Gasteiger charge is -2.08. The van der Waals surface area contributed by atoms with Crippen LogP contribution in [0.4, 0.5) is 11.6 Å². The number of anilines is 2. The highest BCUT2D eigenvalue weighted by Crippen LogP contribution is 2.27. The molecule has 0 radical (unpaired) electrons. The Bertz CT molecular complexity index is 842. The molecule has 118 valence electrons. The first-order valence-electron chi connectivity index (χ1n) is 7.28. The van der Waals surface area contributed by atoms with Gasteiger partial charge in [0, 0.05) is 0 Å². The van der Waals surface area contributed by atoms with Crippen molar-refractivity contribution in [3.63, 3.8) is 0 Å². The molecular formula is C17H17N3O3. The molecule has 1 aromatic heterocycles. The second-order valence-corrected chi connectivity index (χ2v) is 4.86. The molecule has 0 aliphatic heterocycles. The number of nitrogens with one attached hydrogen (secondary N) is 2. The van der Waals surface area contributed by atoms with Crippen molar-refractivity contribution < 1.29 is 14.3 Å². The summed E-state index contributed by atoms with van der Waals surface area (Å²) in [4.78, 5) is 19.4. The number of para-hydroxylation sites is 2. The number of H-pyrrole nitrogens is 1. The molecule has 2 N–H and O–H groups in total. The van der Waals surface area contributed by atoms with Gasteiger partial charge in [-0.15, -0.1) is 0 Å². The third-order valence-electron chi connectivity index (χ3n) is 3.35. The number of aromatic amines is 1. The minimum Gasteiger partial charge on any atom is -0.495 e. The number of imidazole rings is 1. The van der Waals surface area contributed by atoms with Gasteiger partial charge in [0.1, 0.15) is 5.75 Å². The van der Waals surface area contributed by atoms with E-state index in [0.29, 0.717) is 18.1 Å². The van der Waals surface area contributed by atoms with Gasteiger partial charge in [-0.05, 0) is 37.3 Å². The maximum Gasteiger partial charge on any atom is 0.338 e. The number of nitrogens with zero attached hydrogens (tertiary/aromatic N) is 1. The number of carbonyl (C=O) groups excluding carboxylic acids is 1. The molecule has 0 bridgehead atoms. The van der Waals surface area contributed by atoms with Crippen LogP contribution in [-0.2, 0) is 4.74 Å². The normalized spacial score (nSPS) is 10.5. The Labute approximate surface area is 133 Å². The molecular weight excluding hydrogens is 294 g/mol. The second-order valence-electron chi connectivity index (χ2n) is 4.86. The number of aromatic nitrogens is 2. The van der Waals surface area contributed by atoms with E-state index >= 15 is 0 Å². The Morgan fingerprint density at radius 3 is 2.87 bits per heavy atom. The average Bonchev–Trinajstić information content (AvgIpc) is 2.97. The summed E-state index contributed by atoms with van der Waals surface area (Å²) in [6.45, 7) is 2.13. The van der Waals surface area contributed by atoms with E-state index in [9.17, 15) is 4.79 Å². The molecule has 3 rings (SSSR count). The number of methoxy groups -OCH3 is 1. The third kappa shape index (κ3) is 3.11. The van der Waals surface area contributed by atoms with Crippen LogP contribution in [0.1, 0.15) is 17.3 Å². The number of esters is 1. The average molecular weight is 311 g/mol. The number of hydrogen-bond acceptors (Lipinski definition) is 5. The number of rotatable bonds is 5. The minimum atomic E-state index is -0.344. The first-order chi connectivity index (χ1) is 11.2. The Balaban J connectivity index is 1.89. The van der Waals surface area contributed by atoms with Gasteiger partial charge in [-0.3, -0.25) is 0 Å². The summed E-state index contributed by atoms with van der Waals surface area (Å²) >= 11 is 0. The fraction of sp³-hybridized carbons (Fsp3) is 0.176. The molecule has 6 heteroatoms. The van der Waals surface area contributed by atoms with Crippen LogP contribution in [0.2, 0.25) is 0 Å². The standard InChI is InChI=1S/C17H17N3O3/c1-3-23-16(21)11-8-9-12-14(10-11)20-17(18-12)19-13-6-4-5-7-15(13)22-2/h4-10H,3H2,1-2H3,(H2,18,19,20). The fourth-order valence-electron chi connectivity index (χ4n) is 2.29. The summed E-state index contributed by atoms with van der Waals surface area (Å²) in [6.07, 6.45) is 0. The van der Waals surface area contributed by atoms with E-state index in [2.05, 4.69) is 15.3 Å². The van der Waals surface area contributed by atoms with Crippen LogP contribution in [-0.4, -0.2) is 29.7 Å². The lowest BCUT2D eigenvalue weighted by molar-refractivity contribution is 0.0526. The lowest BCUT2D eigenvalue weighted by atomic mass is 10.2. The van der Waals surface area contributed by atoms with E-state index in [1.54, 1.807) is 32.2 Å². The highest BCUT2D eigenvalue weighted by molar-refractivity contribution is 5.94. The fourth-order valence-corrected chi connectivity index (χ4v) is 2.29. The van der Waals surface area contributed by atoms with Crippen LogP contribution < -0.4 is 10.1 Å². The minimum absolute atomic E-state index is 0.344. The van der Waals surface area contributed by atoms with Crippen LogP contribution in [0.3, 0.4) is 0 Å². The molecule has 0 amide bonds. The SMILES string of the molecule is CCOC(=O)c1ccc2nc(Nc3ccccc3OC)[nH]c2c1. The molecule has 23 heavy (non-hydrogen) atoms. The molecule has 3 aromatic rings. The quantitative estimate of drug-likeness (QED) is 0.705. The number of carbonyl (C=O) groups is 1. The highest BCUT2D eigenvalue weighted by atomic mass is 16.5. The topological polar surface area (TPSA) is 76.2 Å². The summed E-state index contributed by atoms with van der Waals surface area (Å²) < 4.78 is 10.3. The molecule has 0 aliphatic rings. The van der Waals surface area contributed by atoms with Gasteiger partial charge in [-0.25, -0.2) is 9.78 Å². The zero-order valence-corrected chi connectivity index (χ0v) is 12.9. The van der Waals surface area contributed by atoms with Crippen LogP contribution in [0.15, 0.2) is 42.5 Å². The molecule has 0 unspecified atom stereocenters. The van der Waals surface area contributed by atoms with Crippen molar-refractivity contribution in [2.45, 2.75) is 6.92 Å². The Hall–Kier alpha value is -3.02. The number of fused-ring (bicyclic) bond motifs is 1. The predicted molar refractivity (Wildman–Crippen MR) is 88.3 cm³/mol. The van der Waals surface area contributed by atoms with Crippen molar-refractivity contribution in [2.75, 3.05) is 19.0 Å². The van der Waals surface area contributed by atoms with E-state index in [1.807, 2.05) is 24.3 Å². The second kappa shape index (κ2) is 6.39. The van der Waals surface area contributed by atoms with Crippen molar-refractivity contribution in [1.29, 1.82) is 0 Å². The van der Waals surface area contributed by atoms with Crippen molar-refractivity contribution in [1.82, 2.24) is 9.97 Å². The molecule has 1 heterocycles. The van der Waals surface area contributed by atoms with Gasteiger partial charge in [0.2, 0.25) is 5.95 Å². The van der Waals surface area contributed by atoms with Gasteiger partial charge in [0.25, 0.3) is 0 Å². The van der Waals surface area contributed by atoms with E-state index in [-0.39, 0.29) is 5.97 Å². The van der Waals surface area contributed by atoms with Gasteiger partial charge < -0.3 is 19.8 Å². The summed E-state index contributed by atoms with van der Waals surface area (Å²) in [6, 6.07) is 12.8. The summed E-state index contributed by atoms with van der Waals surface area (Å²) in [5.74, 6) is 0.953. The number of benzene rings is 2. The van der Waals surface area contributed by atoms with Crippen LogP contribution in [0.5, 0.6) is 5.75 Å². The first kappa shape index (κ1) is 14.9. The summed E-state index contributed by atoms with van der Waals surface area (Å²) in [5, 5.41) is 3.18. The Morgan fingerprint density at radius 1 is 1.26 bits per heavy atom. The molecule has 0 saturated carbocycles. The summed E-state index contributed by atoms with van der Waals surface area (Å²) in [7, 11) is 1.62. The Kier molecular flexibility index (Phi) is 4.14. The lowest BCUT2D eigenvalue weighted by Crippen LogP contribution is -2.04. The maximum atomic E-state index is 11.8. The Morgan fingerprint density at radius 2 is 2.09 bits per heavy atom. The van der Waals surface area contributed by atoms with Crippen LogP contribution in [0.25, 0.3) is 11.0 Å². The van der Waals surface area contributed by atoms with Crippen LogP contribution in [0, 0.1) is 0 Å². The van der Waals surface area contributed by atoms with E-state index in [4.69, 9.17) is 9.47 Å². The van der Waals surface area contributed by atoms with Gasteiger partial charge >= 0.3 is 5.97 Å². The van der Waals surface area contributed by atoms with Crippen molar-refractivity contribution >= 4 is 28.6 Å². The molecule has 0 fully saturated rings. The van der Waals surface area contributed by atoms with E-state index in [0.717, 1.165) is 22.5 Å². The van der Waals surface area contributed by atoms with Gasteiger partial charge in [-0.2, -0.15) is 0 Å². The number of hydrogen-bond donors (Lipinski definition) is 2. The molecule has 0 aliphatic carbocycles. The zero-order valence-electron chi connectivity index (χ0n) is 12.9. The van der Waals surface area contributed by atoms with E-state index in [1.165, 1.54) is 0 Å². The van der Waals surface area contributed by atoms with E-state index < -0.39 is 0 Å². The highest BCUT2D eigenvalue weighted by Gasteiger charge is 2.10. The third-order valence-corrected chi connectivity index (χ3v) is 3.35. The molecule has 2 aromatic carbocycles. The molecule has 6 nitrogen and oxygen atoms in total. The maximum absolute atomic E-state index is 11.8. The van der Waals surface area contributed by atoms with Crippen molar-refractivity contribution in [2.24, 2.45) is 0 Å². The van der Waals surface area contributed by atoms with Gasteiger partial charge in [0.15, 0.2) is 0 Å². The molecule has 0 saturated heterocycles. The number of ether oxygens (including phenoxy) is 2. The van der Waals surface area contributed by atoms with Gasteiger partial charge in [0.05, 0.1) is 36.0 Å². The van der Waals surface area contributed by atoms with Crippen molar-refractivity contribution in [3.05, 3.63) is 48.0 Å².